The monoisotopic (exact) mass is 287 g/mol. The number of hydrogen-bond donors (Lipinski definition) is 1. The van der Waals surface area contributed by atoms with E-state index in [2.05, 4.69) is 25.1 Å². The fourth-order valence-corrected chi connectivity index (χ4v) is 2.95. The molecule has 0 radical (unpaired) electrons. The lowest BCUT2D eigenvalue weighted by Crippen LogP contribution is -2.47. The molecule has 3 aliphatic rings. The summed E-state index contributed by atoms with van der Waals surface area (Å²) in [6.45, 7) is 6.65. The van der Waals surface area contributed by atoms with Crippen LogP contribution in [0.2, 0.25) is 0 Å². The average Bonchev–Trinajstić information content (AvgIpc) is 3.42. The molecule has 4 rings (SSSR count). The van der Waals surface area contributed by atoms with E-state index in [4.69, 9.17) is 0 Å². The minimum Gasteiger partial charge on any atom is -0.338 e. The van der Waals surface area contributed by atoms with Gasteiger partial charge >= 0.3 is 0 Å². The summed E-state index contributed by atoms with van der Waals surface area (Å²) in [5, 5.41) is 3.50. The molecule has 5 nitrogen and oxygen atoms in total. The molecule has 1 aromatic heterocycles. The van der Waals surface area contributed by atoms with E-state index in [1.807, 2.05) is 12.4 Å². The van der Waals surface area contributed by atoms with E-state index in [-0.39, 0.29) is 0 Å². The minimum atomic E-state index is 0.740. The zero-order valence-electron chi connectivity index (χ0n) is 12.7. The molecule has 5 heteroatoms. The molecule has 1 aliphatic heterocycles. The van der Waals surface area contributed by atoms with Crippen LogP contribution in [0.5, 0.6) is 0 Å². The zero-order valence-corrected chi connectivity index (χ0v) is 12.7. The SMILES string of the molecule is c1nc(N2CCN(CC3CC3)CC2)ncc1CNC1CC1. The van der Waals surface area contributed by atoms with Gasteiger partial charge in [-0.2, -0.15) is 0 Å². The molecule has 2 saturated carbocycles. The number of nitrogens with zero attached hydrogens (tertiary/aromatic N) is 4. The number of anilines is 1. The summed E-state index contributed by atoms with van der Waals surface area (Å²) in [7, 11) is 0. The summed E-state index contributed by atoms with van der Waals surface area (Å²) < 4.78 is 0. The highest BCUT2D eigenvalue weighted by Gasteiger charge is 2.27. The maximum atomic E-state index is 4.56. The molecule has 0 atom stereocenters. The summed E-state index contributed by atoms with van der Waals surface area (Å²) in [5.41, 5.74) is 1.19. The van der Waals surface area contributed by atoms with Crippen molar-refractivity contribution in [3.05, 3.63) is 18.0 Å². The maximum absolute atomic E-state index is 4.56. The standard InChI is InChI=1S/C16H25N5/c1-2-13(1)12-20-5-7-21(8-6-20)16-18-10-14(11-19-16)9-17-15-3-4-15/h10-11,13,15,17H,1-9,12H2. The molecule has 1 N–H and O–H groups in total. The third kappa shape index (κ3) is 3.71. The summed E-state index contributed by atoms with van der Waals surface area (Å²) in [4.78, 5) is 14.0. The molecular formula is C16H25N5. The van der Waals surface area contributed by atoms with Crippen molar-refractivity contribution in [2.45, 2.75) is 38.3 Å². The summed E-state index contributed by atoms with van der Waals surface area (Å²) in [6, 6.07) is 0.740. The Balaban J connectivity index is 1.27. The van der Waals surface area contributed by atoms with Crippen molar-refractivity contribution in [2.75, 3.05) is 37.6 Å². The molecule has 0 aromatic carbocycles. The Labute approximate surface area is 126 Å². The van der Waals surface area contributed by atoms with Crippen molar-refractivity contribution in [2.24, 2.45) is 5.92 Å². The molecule has 0 unspecified atom stereocenters. The molecule has 114 valence electrons. The van der Waals surface area contributed by atoms with Gasteiger partial charge in [-0.1, -0.05) is 0 Å². The van der Waals surface area contributed by atoms with Crippen LogP contribution >= 0.6 is 0 Å². The van der Waals surface area contributed by atoms with E-state index in [1.165, 1.54) is 37.8 Å². The second-order valence-corrected chi connectivity index (χ2v) is 6.78. The van der Waals surface area contributed by atoms with Gasteiger partial charge < -0.3 is 10.2 Å². The first-order valence-corrected chi connectivity index (χ1v) is 8.38. The maximum Gasteiger partial charge on any atom is 0.225 e. The van der Waals surface area contributed by atoms with Crippen LogP contribution < -0.4 is 10.2 Å². The van der Waals surface area contributed by atoms with Gasteiger partial charge in [-0.3, -0.25) is 4.90 Å². The molecule has 21 heavy (non-hydrogen) atoms. The van der Waals surface area contributed by atoms with E-state index in [0.717, 1.165) is 50.6 Å². The summed E-state index contributed by atoms with van der Waals surface area (Å²) >= 11 is 0. The third-order valence-corrected chi connectivity index (χ3v) is 4.73. The van der Waals surface area contributed by atoms with Crippen molar-refractivity contribution < 1.29 is 0 Å². The van der Waals surface area contributed by atoms with Crippen molar-refractivity contribution in [1.29, 1.82) is 0 Å². The van der Waals surface area contributed by atoms with Crippen molar-refractivity contribution in [1.82, 2.24) is 20.2 Å². The average molecular weight is 287 g/mol. The molecule has 0 bridgehead atoms. The van der Waals surface area contributed by atoms with Gasteiger partial charge in [-0.05, 0) is 31.6 Å². The molecule has 2 heterocycles. The Morgan fingerprint density at radius 3 is 2.33 bits per heavy atom. The molecule has 3 fully saturated rings. The lowest BCUT2D eigenvalue weighted by Gasteiger charge is -2.34. The molecule has 0 amide bonds. The quantitative estimate of drug-likeness (QED) is 0.853. The highest BCUT2D eigenvalue weighted by atomic mass is 15.3. The molecule has 1 saturated heterocycles. The summed E-state index contributed by atoms with van der Waals surface area (Å²) in [5.74, 6) is 1.89. The van der Waals surface area contributed by atoms with E-state index < -0.39 is 0 Å². The van der Waals surface area contributed by atoms with Gasteiger partial charge in [0.1, 0.15) is 0 Å². The van der Waals surface area contributed by atoms with Gasteiger partial charge in [0.2, 0.25) is 5.95 Å². The Bertz CT molecular complexity index is 458. The van der Waals surface area contributed by atoms with Crippen LogP contribution in [-0.2, 0) is 6.54 Å². The summed E-state index contributed by atoms with van der Waals surface area (Å²) in [6.07, 6.45) is 9.50. The van der Waals surface area contributed by atoms with Gasteiger partial charge in [0, 0.05) is 63.3 Å². The smallest absolute Gasteiger partial charge is 0.225 e. The second-order valence-electron chi connectivity index (χ2n) is 6.78. The predicted molar refractivity (Wildman–Crippen MR) is 83.3 cm³/mol. The van der Waals surface area contributed by atoms with Crippen LogP contribution in [-0.4, -0.2) is 53.6 Å². The highest BCUT2D eigenvalue weighted by Crippen LogP contribution is 2.30. The lowest BCUT2D eigenvalue weighted by molar-refractivity contribution is 0.247. The van der Waals surface area contributed by atoms with Crippen LogP contribution in [0.3, 0.4) is 0 Å². The van der Waals surface area contributed by atoms with Gasteiger partial charge in [-0.15, -0.1) is 0 Å². The largest absolute Gasteiger partial charge is 0.338 e. The van der Waals surface area contributed by atoms with E-state index in [9.17, 15) is 0 Å². The fourth-order valence-electron chi connectivity index (χ4n) is 2.95. The first-order valence-electron chi connectivity index (χ1n) is 8.38. The van der Waals surface area contributed by atoms with E-state index >= 15 is 0 Å². The Kier molecular flexibility index (Phi) is 3.78. The number of nitrogens with one attached hydrogen (secondary N) is 1. The molecule has 0 spiro atoms. The van der Waals surface area contributed by atoms with E-state index in [0.29, 0.717) is 0 Å². The molecule has 2 aliphatic carbocycles. The van der Waals surface area contributed by atoms with Crippen LogP contribution in [0.25, 0.3) is 0 Å². The van der Waals surface area contributed by atoms with Crippen LogP contribution in [0.1, 0.15) is 31.2 Å². The van der Waals surface area contributed by atoms with Crippen molar-refractivity contribution in [3.63, 3.8) is 0 Å². The highest BCUT2D eigenvalue weighted by molar-refractivity contribution is 5.30. The molecular weight excluding hydrogens is 262 g/mol. The second kappa shape index (κ2) is 5.89. The Morgan fingerprint density at radius 1 is 1.00 bits per heavy atom. The third-order valence-electron chi connectivity index (χ3n) is 4.73. The Morgan fingerprint density at radius 2 is 1.71 bits per heavy atom. The van der Waals surface area contributed by atoms with Crippen LogP contribution in [0, 0.1) is 5.92 Å². The molecule has 1 aromatic rings. The van der Waals surface area contributed by atoms with Gasteiger partial charge in [0.15, 0.2) is 0 Å². The van der Waals surface area contributed by atoms with Gasteiger partial charge in [-0.25, -0.2) is 9.97 Å². The first kappa shape index (κ1) is 13.5. The minimum absolute atomic E-state index is 0.740. The number of aromatic nitrogens is 2. The van der Waals surface area contributed by atoms with Crippen molar-refractivity contribution >= 4 is 5.95 Å². The van der Waals surface area contributed by atoms with Crippen LogP contribution in [0.4, 0.5) is 5.95 Å². The van der Waals surface area contributed by atoms with E-state index in [1.54, 1.807) is 0 Å². The lowest BCUT2D eigenvalue weighted by atomic mass is 10.3. The fraction of sp³-hybridized carbons (Fsp3) is 0.750. The predicted octanol–water partition coefficient (Wildman–Crippen LogP) is 1.26. The Hall–Kier alpha value is -1.20. The van der Waals surface area contributed by atoms with Gasteiger partial charge in [0.05, 0.1) is 0 Å². The zero-order chi connectivity index (χ0) is 14.1. The number of piperazine rings is 1. The van der Waals surface area contributed by atoms with Crippen LogP contribution in [0.15, 0.2) is 12.4 Å². The normalized spacial score (nSPS) is 23.5. The van der Waals surface area contributed by atoms with Gasteiger partial charge in [0.25, 0.3) is 0 Å². The topological polar surface area (TPSA) is 44.3 Å². The number of rotatable bonds is 6. The van der Waals surface area contributed by atoms with Crippen molar-refractivity contribution in [3.8, 4) is 0 Å². The number of hydrogen-bond acceptors (Lipinski definition) is 5. The first-order chi connectivity index (χ1) is 10.4.